The van der Waals surface area contributed by atoms with Crippen molar-refractivity contribution in [2.75, 3.05) is 19.8 Å². The topological polar surface area (TPSA) is 42.5 Å². The Hall–Kier alpha value is -1.75. The van der Waals surface area contributed by atoms with Crippen molar-refractivity contribution in [3.8, 4) is 11.5 Å². The van der Waals surface area contributed by atoms with E-state index in [-0.39, 0.29) is 12.4 Å². The molecule has 2 atom stereocenters. The van der Waals surface area contributed by atoms with Crippen molar-refractivity contribution < 1.29 is 9.47 Å². The average Bonchev–Trinajstić information content (AvgIpc) is 3.35. The van der Waals surface area contributed by atoms with Gasteiger partial charge in [0.2, 0.25) is 0 Å². The zero-order valence-corrected chi connectivity index (χ0v) is 16.3. The van der Waals surface area contributed by atoms with E-state index in [2.05, 4.69) is 47.0 Å². The van der Waals surface area contributed by atoms with E-state index in [1.807, 2.05) is 0 Å². The SMILES string of the molecule is Cl.c1ccc([C@@H]2NCCC[C@@H]2NCc2c3c(cc4c2OCC4)OCC3)cc1. The summed E-state index contributed by atoms with van der Waals surface area (Å²) >= 11 is 0. The van der Waals surface area contributed by atoms with Gasteiger partial charge in [0, 0.05) is 48.2 Å². The lowest BCUT2D eigenvalue weighted by Gasteiger charge is -2.34. The molecule has 0 saturated carbocycles. The van der Waals surface area contributed by atoms with E-state index < -0.39 is 0 Å². The Morgan fingerprint density at radius 3 is 2.81 bits per heavy atom. The Labute approximate surface area is 167 Å². The molecule has 0 aromatic heterocycles. The maximum Gasteiger partial charge on any atom is 0.127 e. The minimum Gasteiger partial charge on any atom is -0.493 e. The first-order chi connectivity index (χ1) is 12.9. The molecule has 0 spiro atoms. The summed E-state index contributed by atoms with van der Waals surface area (Å²) in [5.74, 6) is 2.19. The number of hydrogen-bond donors (Lipinski definition) is 2. The van der Waals surface area contributed by atoms with Gasteiger partial charge in [0.05, 0.1) is 13.2 Å². The van der Waals surface area contributed by atoms with E-state index in [4.69, 9.17) is 9.47 Å². The second-order valence-corrected chi connectivity index (χ2v) is 7.49. The number of ether oxygens (including phenoxy) is 2. The lowest BCUT2D eigenvalue weighted by atomic mass is 9.91. The number of hydrogen-bond acceptors (Lipinski definition) is 4. The van der Waals surface area contributed by atoms with Crippen LogP contribution in [0, 0.1) is 0 Å². The van der Waals surface area contributed by atoms with Gasteiger partial charge in [0.15, 0.2) is 0 Å². The molecule has 27 heavy (non-hydrogen) atoms. The van der Waals surface area contributed by atoms with Gasteiger partial charge in [-0.1, -0.05) is 30.3 Å². The van der Waals surface area contributed by atoms with Gasteiger partial charge >= 0.3 is 0 Å². The van der Waals surface area contributed by atoms with Crippen molar-refractivity contribution in [3.05, 3.63) is 58.7 Å². The van der Waals surface area contributed by atoms with Gasteiger partial charge in [-0.15, -0.1) is 12.4 Å². The molecule has 1 saturated heterocycles. The lowest BCUT2D eigenvalue weighted by molar-refractivity contribution is 0.301. The Morgan fingerprint density at radius 2 is 1.93 bits per heavy atom. The smallest absolute Gasteiger partial charge is 0.127 e. The summed E-state index contributed by atoms with van der Waals surface area (Å²) in [6.07, 6.45) is 4.40. The molecule has 0 amide bonds. The highest BCUT2D eigenvalue weighted by Gasteiger charge is 2.29. The molecule has 0 radical (unpaired) electrons. The molecule has 0 bridgehead atoms. The maximum atomic E-state index is 6.00. The van der Waals surface area contributed by atoms with Crippen molar-refractivity contribution in [1.29, 1.82) is 0 Å². The largest absolute Gasteiger partial charge is 0.493 e. The third-order valence-electron chi connectivity index (χ3n) is 5.92. The summed E-state index contributed by atoms with van der Waals surface area (Å²) in [5.41, 5.74) is 5.35. The summed E-state index contributed by atoms with van der Waals surface area (Å²) in [4.78, 5) is 0. The quantitative estimate of drug-likeness (QED) is 0.843. The monoisotopic (exact) mass is 386 g/mol. The molecule has 4 nitrogen and oxygen atoms in total. The molecular formula is C22H27ClN2O2. The summed E-state index contributed by atoms with van der Waals surface area (Å²) in [6.45, 7) is 3.53. The molecule has 5 heteroatoms. The second kappa shape index (κ2) is 8.09. The number of benzene rings is 2. The third-order valence-corrected chi connectivity index (χ3v) is 5.92. The molecule has 144 valence electrons. The van der Waals surface area contributed by atoms with Crippen molar-refractivity contribution in [1.82, 2.24) is 10.6 Å². The highest BCUT2D eigenvalue weighted by atomic mass is 35.5. The van der Waals surface area contributed by atoms with Crippen LogP contribution in [0.25, 0.3) is 0 Å². The number of fused-ring (bicyclic) bond motifs is 2. The number of piperidine rings is 1. The zero-order chi connectivity index (χ0) is 17.3. The van der Waals surface area contributed by atoms with Gasteiger partial charge in [0.1, 0.15) is 11.5 Å². The molecule has 2 aromatic rings. The molecule has 0 aliphatic carbocycles. The van der Waals surface area contributed by atoms with Gasteiger partial charge in [-0.3, -0.25) is 0 Å². The lowest BCUT2D eigenvalue weighted by Crippen LogP contribution is -2.45. The fraction of sp³-hybridized carbons (Fsp3) is 0.455. The van der Waals surface area contributed by atoms with Crippen molar-refractivity contribution in [2.24, 2.45) is 0 Å². The van der Waals surface area contributed by atoms with Gasteiger partial charge in [-0.2, -0.15) is 0 Å². The van der Waals surface area contributed by atoms with Crippen LogP contribution in [0.4, 0.5) is 0 Å². The van der Waals surface area contributed by atoms with Crippen molar-refractivity contribution in [2.45, 2.75) is 44.3 Å². The van der Waals surface area contributed by atoms with Crippen LogP contribution in [0.15, 0.2) is 36.4 Å². The molecule has 2 N–H and O–H groups in total. The van der Waals surface area contributed by atoms with Crippen LogP contribution < -0.4 is 20.1 Å². The predicted molar refractivity (Wildman–Crippen MR) is 109 cm³/mol. The van der Waals surface area contributed by atoms with Crippen LogP contribution in [0.5, 0.6) is 11.5 Å². The highest BCUT2D eigenvalue weighted by molar-refractivity contribution is 5.85. The molecule has 3 heterocycles. The first kappa shape index (κ1) is 18.6. The molecule has 5 rings (SSSR count). The molecular weight excluding hydrogens is 360 g/mol. The number of nitrogens with one attached hydrogen (secondary N) is 2. The third kappa shape index (κ3) is 3.54. The van der Waals surface area contributed by atoms with E-state index in [0.717, 1.165) is 50.6 Å². The molecule has 3 aliphatic rings. The van der Waals surface area contributed by atoms with Gasteiger partial charge in [-0.05, 0) is 31.0 Å². The molecule has 3 aliphatic heterocycles. The molecule has 2 aromatic carbocycles. The second-order valence-electron chi connectivity index (χ2n) is 7.49. The molecule has 0 unspecified atom stereocenters. The first-order valence-corrected chi connectivity index (χ1v) is 9.85. The van der Waals surface area contributed by atoms with Gasteiger partial charge in [-0.25, -0.2) is 0 Å². The minimum atomic E-state index is 0. The number of rotatable bonds is 4. The van der Waals surface area contributed by atoms with Crippen LogP contribution in [-0.2, 0) is 19.4 Å². The van der Waals surface area contributed by atoms with Crippen LogP contribution in [0.1, 0.15) is 41.1 Å². The minimum absolute atomic E-state index is 0. The van der Waals surface area contributed by atoms with Crippen LogP contribution in [0.3, 0.4) is 0 Å². The first-order valence-electron chi connectivity index (χ1n) is 9.85. The van der Waals surface area contributed by atoms with Crippen LogP contribution in [-0.4, -0.2) is 25.8 Å². The van der Waals surface area contributed by atoms with E-state index in [0.29, 0.717) is 12.1 Å². The van der Waals surface area contributed by atoms with Crippen molar-refractivity contribution in [3.63, 3.8) is 0 Å². The van der Waals surface area contributed by atoms with Crippen LogP contribution in [0.2, 0.25) is 0 Å². The fourth-order valence-corrected chi connectivity index (χ4v) is 4.62. The summed E-state index contributed by atoms with van der Waals surface area (Å²) < 4.78 is 11.8. The Morgan fingerprint density at radius 1 is 1.07 bits per heavy atom. The Balaban J connectivity index is 0.00000180. The predicted octanol–water partition coefficient (Wildman–Crippen LogP) is 3.56. The standard InChI is InChI=1S/C22H26N2O2.ClH/c1-2-5-15(6-3-1)21-19(7-4-10-23-21)24-14-18-17-9-12-25-20(17)13-16-8-11-26-22(16)18;/h1-3,5-6,13,19,21,23-24H,4,7-12,14H2;1H/t19-,21-;/m0./s1. The Kier molecular flexibility index (Phi) is 5.58. The van der Waals surface area contributed by atoms with Gasteiger partial charge < -0.3 is 20.1 Å². The van der Waals surface area contributed by atoms with E-state index >= 15 is 0 Å². The normalized spacial score (nSPS) is 23.0. The van der Waals surface area contributed by atoms with E-state index in [9.17, 15) is 0 Å². The summed E-state index contributed by atoms with van der Waals surface area (Å²) in [6, 6.07) is 13.8. The van der Waals surface area contributed by atoms with E-state index in [1.54, 1.807) is 0 Å². The van der Waals surface area contributed by atoms with Gasteiger partial charge in [0.25, 0.3) is 0 Å². The average molecular weight is 387 g/mol. The zero-order valence-electron chi connectivity index (χ0n) is 15.5. The fourth-order valence-electron chi connectivity index (χ4n) is 4.62. The van der Waals surface area contributed by atoms with E-state index in [1.165, 1.54) is 35.1 Å². The maximum absolute atomic E-state index is 6.00. The summed E-state index contributed by atoms with van der Waals surface area (Å²) in [7, 11) is 0. The van der Waals surface area contributed by atoms with Crippen LogP contribution >= 0.6 is 12.4 Å². The Bertz CT molecular complexity index is 764. The highest BCUT2D eigenvalue weighted by Crippen LogP contribution is 2.40. The van der Waals surface area contributed by atoms with Crippen molar-refractivity contribution >= 4 is 12.4 Å². The number of halogens is 1. The summed E-state index contributed by atoms with van der Waals surface area (Å²) in [5, 5.41) is 7.56. The molecule has 1 fully saturated rings.